The number of hydrogen-bond acceptors (Lipinski definition) is 3. The molecule has 1 aromatic carbocycles. The lowest BCUT2D eigenvalue weighted by molar-refractivity contribution is -0.126. The number of aromatic amines is 1. The van der Waals surface area contributed by atoms with E-state index >= 15 is 0 Å². The van der Waals surface area contributed by atoms with Crippen molar-refractivity contribution in [2.45, 2.75) is 12.3 Å². The predicted molar refractivity (Wildman–Crippen MR) is 91.3 cm³/mol. The molecule has 3 heterocycles. The normalized spacial score (nSPS) is 17.8. The van der Waals surface area contributed by atoms with Crippen LogP contribution >= 0.6 is 11.6 Å². The van der Waals surface area contributed by atoms with E-state index in [9.17, 15) is 9.59 Å². The molecule has 0 unspecified atom stereocenters. The van der Waals surface area contributed by atoms with Crippen molar-refractivity contribution in [2.75, 3.05) is 13.6 Å². The number of carbonyl (C=O) groups is 1. The topological polar surface area (TPSA) is 70.5 Å². The fraction of sp³-hybridized carbons (Fsp3) is 0.235. The van der Waals surface area contributed by atoms with E-state index < -0.39 is 0 Å². The Morgan fingerprint density at radius 2 is 2.08 bits per heavy atom. The van der Waals surface area contributed by atoms with Gasteiger partial charge >= 0.3 is 0 Å². The van der Waals surface area contributed by atoms with Gasteiger partial charge in [0.15, 0.2) is 5.65 Å². The van der Waals surface area contributed by atoms with E-state index in [1.807, 2.05) is 24.3 Å². The van der Waals surface area contributed by atoms with E-state index in [4.69, 9.17) is 11.6 Å². The van der Waals surface area contributed by atoms with Crippen LogP contribution in [0.4, 0.5) is 0 Å². The molecule has 1 fully saturated rings. The molecule has 1 N–H and O–H groups in total. The second-order valence-electron chi connectivity index (χ2n) is 6.07. The number of nitrogens with one attached hydrogen (secondary N) is 1. The summed E-state index contributed by atoms with van der Waals surface area (Å²) in [5, 5.41) is 3.67. The number of nitrogens with zero attached hydrogens (tertiary/aromatic N) is 3. The van der Waals surface area contributed by atoms with Gasteiger partial charge in [0.1, 0.15) is 0 Å². The third-order valence-corrected chi connectivity index (χ3v) is 4.60. The predicted octanol–water partition coefficient (Wildman–Crippen LogP) is 2.29. The largest absolute Gasteiger partial charge is 0.345 e. The lowest BCUT2D eigenvalue weighted by Gasteiger charge is -2.09. The van der Waals surface area contributed by atoms with Gasteiger partial charge < -0.3 is 4.90 Å². The van der Waals surface area contributed by atoms with Gasteiger partial charge in [0.2, 0.25) is 5.91 Å². The van der Waals surface area contributed by atoms with E-state index in [-0.39, 0.29) is 17.4 Å². The first kappa shape index (κ1) is 15.0. The van der Waals surface area contributed by atoms with Crippen LogP contribution in [0.25, 0.3) is 16.9 Å². The summed E-state index contributed by atoms with van der Waals surface area (Å²) in [4.78, 5) is 30.4. The zero-order valence-corrected chi connectivity index (χ0v) is 13.7. The van der Waals surface area contributed by atoms with Crippen LogP contribution in [0.15, 0.2) is 41.2 Å². The number of carbonyl (C=O) groups excluding carboxylic acids is 1. The maximum atomic E-state index is 12.4. The van der Waals surface area contributed by atoms with Crippen LogP contribution in [0.2, 0.25) is 5.02 Å². The molecule has 24 heavy (non-hydrogen) atoms. The third kappa shape index (κ3) is 2.49. The summed E-state index contributed by atoms with van der Waals surface area (Å²) < 4.78 is 1.40. The zero-order valence-electron chi connectivity index (χ0n) is 13.0. The van der Waals surface area contributed by atoms with Crippen molar-refractivity contribution in [2.24, 2.45) is 0 Å². The minimum atomic E-state index is -0.190. The smallest absolute Gasteiger partial charge is 0.272 e. The molecule has 4 rings (SSSR count). The molecule has 6 nitrogen and oxygen atoms in total. The maximum absolute atomic E-state index is 12.4. The van der Waals surface area contributed by atoms with Gasteiger partial charge in [-0.2, -0.15) is 0 Å². The molecule has 2 aromatic heterocycles. The number of amides is 1. The van der Waals surface area contributed by atoms with Crippen LogP contribution < -0.4 is 5.56 Å². The Morgan fingerprint density at radius 3 is 2.79 bits per heavy atom. The van der Waals surface area contributed by atoms with E-state index in [0.29, 0.717) is 29.3 Å². The molecule has 1 amide bonds. The van der Waals surface area contributed by atoms with Crippen molar-refractivity contribution in [3.63, 3.8) is 0 Å². The average Bonchev–Trinajstić information content (AvgIpc) is 3.12. The summed E-state index contributed by atoms with van der Waals surface area (Å²) in [6.07, 6.45) is 0.394. The van der Waals surface area contributed by atoms with Gasteiger partial charge in [-0.25, -0.2) is 9.50 Å². The highest BCUT2D eigenvalue weighted by molar-refractivity contribution is 6.30. The Labute approximate surface area is 142 Å². The highest BCUT2D eigenvalue weighted by Gasteiger charge is 2.29. The van der Waals surface area contributed by atoms with Crippen molar-refractivity contribution in [3.05, 3.63) is 57.5 Å². The Morgan fingerprint density at radius 1 is 1.25 bits per heavy atom. The Balaban J connectivity index is 1.79. The molecule has 0 aliphatic carbocycles. The highest BCUT2D eigenvalue weighted by Crippen LogP contribution is 2.26. The number of likely N-dealkylation sites (tertiary alicyclic amines) is 1. The summed E-state index contributed by atoms with van der Waals surface area (Å²) >= 11 is 6.03. The number of H-pyrrole nitrogens is 1. The summed E-state index contributed by atoms with van der Waals surface area (Å²) in [6.45, 7) is 0.590. The van der Waals surface area contributed by atoms with E-state index in [1.165, 1.54) is 10.6 Å². The average molecular weight is 343 g/mol. The Bertz CT molecular complexity index is 1010. The number of benzene rings is 1. The minimum Gasteiger partial charge on any atom is -0.345 e. The minimum absolute atomic E-state index is 0.0373. The fourth-order valence-electron chi connectivity index (χ4n) is 3.08. The third-order valence-electron chi connectivity index (χ3n) is 4.37. The van der Waals surface area contributed by atoms with Crippen molar-refractivity contribution in [1.29, 1.82) is 0 Å². The Kier molecular flexibility index (Phi) is 3.42. The molecule has 3 aromatic rings. The summed E-state index contributed by atoms with van der Waals surface area (Å²) in [7, 11) is 1.77. The fourth-order valence-corrected chi connectivity index (χ4v) is 3.27. The van der Waals surface area contributed by atoms with Crippen molar-refractivity contribution < 1.29 is 4.79 Å². The second kappa shape index (κ2) is 5.49. The van der Waals surface area contributed by atoms with E-state index in [1.54, 1.807) is 18.0 Å². The van der Waals surface area contributed by atoms with Crippen LogP contribution in [0.5, 0.6) is 0 Å². The molecule has 1 aliphatic heterocycles. The first-order valence-electron chi connectivity index (χ1n) is 7.64. The first-order valence-corrected chi connectivity index (χ1v) is 8.02. The standard InChI is InChI=1S/C17H15ClN4O2/c1-21-9-11(6-16(21)23)13-8-17(24)22-15(19-13)7-14(20-22)10-3-2-4-12(18)5-10/h2-5,7-8,11,20H,6,9H2,1H3/t11-/m1/s1. The second-order valence-corrected chi connectivity index (χ2v) is 6.50. The summed E-state index contributed by atoms with van der Waals surface area (Å²) in [5.41, 5.74) is 2.65. The molecule has 0 bridgehead atoms. The highest BCUT2D eigenvalue weighted by atomic mass is 35.5. The van der Waals surface area contributed by atoms with Gasteiger partial charge in [0, 0.05) is 48.6 Å². The molecule has 0 saturated carbocycles. The molecular weight excluding hydrogens is 328 g/mol. The van der Waals surface area contributed by atoms with E-state index in [2.05, 4.69) is 10.1 Å². The molecule has 0 spiro atoms. The van der Waals surface area contributed by atoms with Gasteiger partial charge in [-0.3, -0.25) is 14.7 Å². The van der Waals surface area contributed by atoms with Gasteiger partial charge in [0.25, 0.3) is 5.56 Å². The number of rotatable bonds is 2. The lowest BCUT2D eigenvalue weighted by atomic mass is 10.0. The van der Waals surface area contributed by atoms with Crippen LogP contribution in [0.1, 0.15) is 18.0 Å². The maximum Gasteiger partial charge on any atom is 0.272 e. The van der Waals surface area contributed by atoms with Gasteiger partial charge in [-0.15, -0.1) is 0 Å². The van der Waals surface area contributed by atoms with Crippen LogP contribution in [0.3, 0.4) is 0 Å². The molecule has 1 aliphatic rings. The molecular formula is C17H15ClN4O2. The van der Waals surface area contributed by atoms with Crippen LogP contribution in [-0.4, -0.2) is 39.0 Å². The number of hydrogen-bond donors (Lipinski definition) is 1. The molecule has 1 saturated heterocycles. The molecule has 0 radical (unpaired) electrons. The van der Waals surface area contributed by atoms with Crippen molar-refractivity contribution in [3.8, 4) is 11.3 Å². The van der Waals surface area contributed by atoms with Gasteiger partial charge in [0.05, 0.1) is 11.4 Å². The van der Waals surface area contributed by atoms with Crippen molar-refractivity contribution >= 4 is 23.2 Å². The quantitative estimate of drug-likeness (QED) is 0.776. The first-order chi connectivity index (χ1) is 11.5. The number of aromatic nitrogens is 3. The van der Waals surface area contributed by atoms with Crippen LogP contribution in [0, 0.1) is 0 Å². The molecule has 122 valence electrons. The van der Waals surface area contributed by atoms with Gasteiger partial charge in [-0.1, -0.05) is 23.7 Å². The van der Waals surface area contributed by atoms with E-state index in [0.717, 1.165) is 11.3 Å². The summed E-state index contributed by atoms with van der Waals surface area (Å²) in [5.74, 6) is 0.0420. The summed E-state index contributed by atoms with van der Waals surface area (Å²) in [6, 6.07) is 10.7. The number of likely N-dealkylation sites (N-methyl/N-ethyl adjacent to an activating group) is 1. The monoisotopic (exact) mass is 342 g/mol. The number of halogens is 1. The number of fused-ring (bicyclic) bond motifs is 1. The Hall–Kier alpha value is -2.60. The lowest BCUT2D eigenvalue weighted by Crippen LogP contribution is -2.20. The van der Waals surface area contributed by atoms with Gasteiger partial charge in [-0.05, 0) is 12.1 Å². The SMILES string of the molecule is CN1C[C@H](c2cc(=O)n3[nH]c(-c4cccc(Cl)c4)cc3n2)CC1=O. The molecule has 7 heteroatoms. The molecule has 1 atom stereocenters. The van der Waals surface area contributed by atoms with Crippen LogP contribution in [-0.2, 0) is 4.79 Å². The van der Waals surface area contributed by atoms with Crippen molar-refractivity contribution in [1.82, 2.24) is 19.5 Å². The zero-order chi connectivity index (χ0) is 16.8.